The van der Waals surface area contributed by atoms with E-state index in [0.29, 0.717) is 29.6 Å². The average Bonchev–Trinajstić information content (AvgIpc) is 3.40. The summed E-state index contributed by atoms with van der Waals surface area (Å²) in [5.41, 5.74) is 4.90. The molecule has 0 saturated heterocycles. The highest BCUT2D eigenvalue weighted by molar-refractivity contribution is 5.91. The summed E-state index contributed by atoms with van der Waals surface area (Å²) in [6.07, 6.45) is -10.9. The predicted molar refractivity (Wildman–Crippen MR) is 109 cm³/mol. The van der Waals surface area contributed by atoms with Gasteiger partial charge in [0.15, 0.2) is 6.10 Å². The fourth-order valence-corrected chi connectivity index (χ4v) is 3.26. The number of carbonyl (C=O) groups is 1. The molecule has 1 amide bonds. The molecule has 0 saturated carbocycles. The fourth-order valence-electron chi connectivity index (χ4n) is 3.26. The predicted octanol–water partition coefficient (Wildman–Crippen LogP) is 4.59. The number of fused-ring (bicyclic) bond motifs is 1. The Morgan fingerprint density at radius 3 is 2.57 bits per heavy atom. The summed E-state index contributed by atoms with van der Waals surface area (Å²) >= 11 is 0. The number of rotatable bonds is 6. The molecule has 35 heavy (non-hydrogen) atoms. The van der Waals surface area contributed by atoms with Gasteiger partial charge in [0.2, 0.25) is 11.7 Å². The molecule has 0 aliphatic heterocycles. The van der Waals surface area contributed by atoms with E-state index in [1.54, 1.807) is 18.2 Å². The molecule has 0 aliphatic rings. The van der Waals surface area contributed by atoms with Crippen molar-refractivity contribution in [2.75, 3.05) is 0 Å². The van der Waals surface area contributed by atoms with E-state index in [1.165, 1.54) is 10.9 Å². The molecule has 1 atom stereocenters. The Labute approximate surface area is 192 Å². The second-order valence-electron chi connectivity index (χ2n) is 7.45. The molecule has 2 N–H and O–H groups in total. The van der Waals surface area contributed by atoms with Gasteiger partial charge in [0.05, 0.1) is 28.5 Å². The number of alkyl halides is 6. The number of benzene rings is 2. The van der Waals surface area contributed by atoms with Crippen molar-refractivity contribution in [2.45, 2.75) is 31.9 Å². The zero-order valence-corrected chi connectivity index (χ0v) is 17.7. The first-order chi connectivity index (χ1) is 16.3. The van der Waals surface area contributed by atoms with E-state index in [1.807, 2.05) is 0 Å². The van der Waals surface area contributed by atoms with Crippen LogP contribution in [-0.4, -0.2) is 37.9 Å². The molecule has 0 fully saturated rings. The Hall–Kier alpha value is -4.10. The van der Waals surface area contributed by atoms with E-state index in [2.05, 4.69) is 19.9 Å². The lowest BCUT2D eigenvalue weighted by Gasteiger charge is -2.20. The van der Waals surface area contributed by atoms with Crippen LogP contribution in [0.25, 0.3) is 33.9 Å². The van der Waals surface area contributed by atoms with Gasteiger partial charge >= 0.3 is 12.4 Å². The summed E-state index contributed by atoms with van der Waals surface area (Å²) in [5.74, 6) is -1.89. The van der Waals surface area contributed by atoms with Gasteiger partial charge in [-0.05, 0) is 37.3 Å². The molecular weight excluding hydrogens is 484 g/mol. The lowest BCUT2D eigenvalue weighted by atomic mass is 10.1. The highest BCUT2D eigenvalue weighted by atomic mass is 19.4. The molecule has 4 aromatic rings. The summed E-state index contributed by atoms with van der Waals surface area (Å²) < 4.78 is 90.1. The molecule has 2 heterocycles. The zero-order chi connectivity index (χ0) is 25.5. The number of aromatic nitrogens is 4. The summed E-state index contributed by atoms with van der Waals surface area (Å²) in [4.78, 5) is 19.6. The van der Waals surface area contributed by atoms with Crippen LogP contribution in [-0.2, 0) is 17.5 Å². The van der Waals surface area contributed by atoms with E-state index in [9.17, 15) is 31.1 Å². The van der Waals surface area contributed by atoms with Crippen LogP contribution in [0.1, 0.15) is 12.5 Å². The van der Waals surface area contributed by atoms with E-state index >= 15 is 0 Å². The molecule has 2 aromatic heterocycles. The van der Waals surface area contributed by atoms with Crippen molar-refractivity contribution in [2.24, 2.45) is 5.73 Å². The van der Waals surface area contributed by atoms with Crippen LogP contribution in [0, 0.1) is 0 Å². The smallest absolute Gasteiger partial charge is 0.425 e. The SMILES string of the molecule is CC(Oc1ccc(-c2nc(-c3cccc4c3ncn4CC(N)=O)no2)cc1C(F)(F)F)C(F)(F)F. The van der Waals surface area contributed by atoms with Crippen LogP contribution < -0.4 is 10.5 Å². The van der Waals surface area contributed by atoms with Crippen LogP contribution in [0.5, 0.6) is 5.75 Å². The van der Waals surface area contributed by atoms with Crippen LogP contribution in [0.3, 0.4) is 0 Å². The minimum absolute atomic E-state index is 0.00509. The Kier molecular flexibility index (Phi) is 5.90. The van der Waals surface area contributed by atoms with Gasteiger partial charge in [-0.25, -0.2) is 4.98 Å². The molecule has 184 valence electrons. The van der Waals surface area contributed by atoms with Gasteiger partial charge in [-0.2, -0.15) is 31.3 Å². The summed E-state index contributed by atoms with van der Waals surface area (Å²) in [5, 5.41) is 3.79. The molecular formula is C21H15F6N5O3. The number of amides is 1. The van der Waals surface area contributed by atoms with Crippen LogP contribution in [0.2, 0.25) is 0 Å². The van der Waals surface area contributed by atoms with Gasteiger partial charge in [-0.3, -0.25) is 4.79 Å². The van der Waals surface area contributed by atoms with E-state index in [0.717, 1.165) is 12.1 Å². The normalized spacial score (nSPS) is 13.2. The van der Waals surface area contributed by atoms with Crippen LogP contribution in [0.15, 0.2) is 47.2 Å². The van der Waals surface area contributed by atoms with Crippen LogP contribution >= 0.6 is 0 Å². The second-order valence-corrected chi connectivity index (χ2v) is 7.45. The second kappa shape index (κ2) is 8.60. The van der Waals surface area contributed by atoms with Gasteiger partial charge < -0.3 is 19.6 Å². The molecule has 4 rings (SSSR count). The third-order valence-corrected chi connectivity index (χ3v) is 4.94. The first kappa shape index (κ1) is 24.0. The fraction of sp³-hybridized carbons (Fsp3) is 0.238. The number of imidazole rings is 1. The number of hydrogen-bond acceptors (Lipinski definition) is 6. The Bertz CT molecular complexity index is 1390. The third-order valence-electron chi connectivity index (χ3n) is 4.94. The summed E-state index contributed by atoms with van der Waals surface area (Å²) in [7, 11) is 0. The van der Waals surface area contributed by atoms with Gasteiger partial charge in [-0.15, -0.1) is 0 Å². The summed E-state index contributed by atoms with van der Waals surface area (Å²) in [6.45, 7) is 0.475. The lowest BCUT2D eigenvalue weighted by molar-refractivity contribution is -0.191. The van der Waals surface area contributed by atoms with Crippen molar-refractivity contribution < 1.29 is 40.4 Å². The number of ether oxygens (including phenoxy) is 1. The number of para-hydroxylation sites is 1. The highest BCUT2D eigenvalue weighted by Gasteiger charge is 2.41. The largest absolute Gasteiger partial charge is 0.481 e. The first-order valence-electron chi connectivity index (χ1n) is 9.86. The van der Waals surface area contributed by atoms with Gasteiger partial charge in [0.25, 0.3) is 5.89 Å². The average molecular weight is 499 g/mol. The maximum Gasteiger partial charge on any atom is 0.425 e. The van der Waals surface area contributed by atoms with Crippen molar-refractivity contribution in [1.82, 2.24) is 19.7 Å². The number of hydrogen-bond donors (Lipinski definition) is 1. The minimum atomic E-state index is -5.02. The van der Waals surface area contributed by atoms with Gasteiger partial charge in [-0.1, -0.05) is 11.2 Å². The van der Waals surface area contributed by atoms with Crippen molar-refractivity contribution in [3.8, 4) is 28.6 Å². The van der Waals surface area contributed by atoms with Gasteiger partial charge in [0.1, 0.15) is 12.3 Å². The Morgan fingerprint density at radius 1 is 1.17 bits per heavy atom. The third kappa shape index (κ3) is 4.90. The quantitative estimate of drug-likeness (QED) is 0.389. The molecule has 2 aromatic carbocycles. The standard InChI is InChI=1S/C21H15F6N5O3/c1-10(20(22,23)24)34-15-6-5-11(7-13(15)21(25,26)27)19-30-18(31-35-19)12-3-2-4-14-17(12)29-9-32(14)8-16(28)33/h2-7,9-10H,8H2,1H3,(H2,28,33). The maximum absolute atomic E-state index is 13.6. The number of primary amides is 1. The monoisotopic (exact) mass is 499 g/mol. The van der Waals surface area contributed by atoms with E-state index in [-0.39, 0.29) is 23.8 Å². The minimum Gasteiger partial charge on any atom is -0.481 e. The molecule has 14 heteroatoms. The first-order valence-corrected chi connectivity index (χ1v) is 9.86. The molecule has 8 nitrogen and oxygen atoms in total. The van der Waals surface area contributed by atoms with Crippen molar-refractivity contribution in [3.05, 3.63) is 48.3 Å². The van der Waals surface area contributed by atoms with Crippen LogP contribution in [0.4, 0.5) is 26.3 Å². The van der Waals surface area contributed by atoms with E-state index < -0.39 is 35.7 Å². The van der Waals surface area contributed by atoms with Gasteiger partial charge in [0, 0.05) is 5.56 Å². The Morgan fingerprint density at radius 2 is 1.91 bits per heavy atom. The lowest BCUT2D eigenvalue weighted by Crippen LogP contribution is -2.31. The number of halogens is 6. The number of nitrogens with zero attached hydrogens (tertiary/aromatic N) is 4. The maximum atomic E-state index is 13.6. The molecule has 1 unspecified atom stereocenters. The molecule has 0 radical (unpaired) electrons. The molecule has 0 bridgehead atoms. The van der Waals surface area contributed by atoms with Crippen molar-refractivity contribution in [3.63, 3.8) is 0 Å². The van der Waals surface area contributed by atoms with E-state index in [4.69, 9.17) is 10.3 Å². The Balaban J connectivity index is 1.71. The highest BCUT2D eigenvalue weighted by Crippen LogP contribution is 2.40. The molecule has 0 spiro atoms. The molecule has 0 aliphatic carbocycles. The zero-order valence-electron chi connectivity index (χ0n) is 17.7. The van der Waals surface area contributed by atoms with Crippen molar-refractivity contribution >= 4 is 16.9 Å². The summed E-state index contributed by atoms with van der Waals surface area (Å²) in [6, 6.07) is 7.30. The topological polar surface area (TPSA) is 109 Å². The number of nitrogens with two attached hydrogens (primary N) is 1. The number of carbonyl (C=O) groups excluding carboxylic acids is 1. The van der Waals surface area contributed by atoms with Crippen molar-refractivity contribution in [1.29, 1.82) is 0 Å².